The van der Waals surface area contributed by atoms with Crippen LogP contribution in [-0.4, -0.2) is 23.1 Å². The summed E-state index contributed by atoms with van der Waals surface area (Å²) >= 11 is 0. The van der Waals surface area contributed by atoms with Gasteiger partial charge < -0.3 is 9.84 Å². The first kappa shape index (κ1) is 45.9. The number of aliphatic carboxylic acids is 1. The first-order valence-electron chi connectivity index (χ1n) is 20.6. The number of hydrogen-bond donors (Lipinski definition) is 1. The molecule has 278 valence electrons. The van der Waals surface area contributed by atoms with Crippen molar-refractivity contribution in [3.05, 3.63) is 48.6 Å². The van der Waals surface area contributed by atoms with E-state index in [2.05, 4.69) is 62.5 Å². The van der Waals surface area contributed by atoms with Gasteiger partial charge in [-0.15, -0.1) is 0 Å². The van der Waals surface area contributed by atoms with Gasteiger partial charge in [-0.25, -0.2) is 0 Å². The Morgan fingerprint density at radius 1 is 0.479 bits per heavy atom. The van der Waals surface area contributed by atoms with Crippen LogP contribution in [0.1, 0.15) is 213 Å². The SMILES string of the molecule is CC/C=C\C/C=C\C/C=C\C/C=C\CCCCCCCCC(=O)OC(CCCCCCCCCCCCC)CCCCCCCC(=O)O. The fraction of sp³-hybridized carbons (Fsp3) is 0.773. The molecular formula is C44H78O4. The second-order valence-corrected chi connectivity index (χ2v) is 13.8. The van der Waals surface area contributed by atoms with E-state index in [1.165, 1.54) is 89.9 Å². The van der Waals surface area contributed by atoms with E-state index in [0.717, 1.165) is 96.3 Å². The molecule has 1 N–H and O–H groups in total. The Bertz CT molecular complexity index is 809. The largest absolute Gasteiger partial charge is 0.481 e. The van der Waals surface area contributed by atoms with E-state index in [1.807, 2.05) is 0 Å². The molecule has 4 heteroatoms. The van der Waals surface area contributed by atoms with Crippen LogP contribution in [0.3, 0.4) is 0 Å². The molecule has 1 unspecified atom stereocenters. The third-order valence-electron chi connectivity index (χ3n) is 9.07. The molecule has 0 rings (SSSR count). The molecule has 0 radical (unpaired) electrons. The zero-order chi connectivity index (χ0) is 35.0. The van der Waals surface area contributed by atoms with Crippen LogP contribution in [0.4, 0.5) is 0 Å². The number of ether oxygens (including phenoxy) is 1. The highest BCUT2D eigenvalue weighted by Gasteiger charge is 2.14. The normalized spacial score (nSPS) is 12.7. The van der Waals surface area contributed by atoms with E-state index in [4.69, 9.17) is 9.84 Å². The Morgan fingerprint density at radius 3 is 1.35 bits per heavy atom. The van der Waals surface area contributed by atoms with Crippen LogP contribution in [0.2, 0.25) is 0 Å². The zero-order valence-electron chi connectivity index (χ0n) is 31.8. The van der Waals surface area contributed by atoms with Crippen LogP contribution in [0.25, 0.3) is 0 Å². The number of allylic oxidation sites excluding steroid dienone is 8. The van der Waals surface area contributed by atoms with Crippen LogP contribution in [0.5, 0.6) is 0 Å². The van der Waals surface area contributed by atoms with Crippen LogP contribution < -0.4 is 0 Å². The monoisotopic (exact) mass is 671 g/mol. The van der Waals surface area contributed by atoms with Gasteiger partial charge in [-0.1, -0.05) is 172 Å². The predicted octanol–water partition coefficient (Wildman–Crippen LogP) is 14.3. The molecule has 0 aromatic rings. The minimum atomic E-state index is -0.702. The van der Waals surface area contributed by atoms with Crippen molar-refractivity contribution in [3.8, 4) is 0 Å². The highest BCUT2D eigenvalue weighted by Crippen LogP contribution is 2.19. The van der Waals surface area contributed by atoms with Gasteiger partial charge in [-0.2, -0.15) is 0 Å². The maximum absolute atomic E-state index is 12.7. The van der Waals surface area contributed by atoms with Crippen molar-refractivity contribution >= 4 is 11.9 Å². The maximum atomic E-state index is 12.7. The third-order valence-corrected chi connectivity index (χ3v) is 9.07. The predicted molar refractivity (Wildman–Crippen MR) is 209 cm³/mol. The number of unbranched alkanes of at least 4 members (excludes halogenated alkanes) is 20. The average molecular weight is 671 g/mol. The lowest BCUT2D eigenvalue weighted by Crippen LogP contribution is -2.18. The van der Waals surface area contributed by atoms with Gasteiger partial charge in [-0.3, -0.25) is 9.59 Å². The molecule has 0 saturated carbocycles. The summed E-state index contributed by atoms with van der Waals surface area (Å²) < 4.78 is 6.00. The topological polar surface area (TPSA) is 63.6 Å². The highest BCUT2D eigenvalue weighted by atomic mass is 16.5. The Balaban J connectivity index is 4.02. The van der Waals surface area contributed by atoms with E-state index < -0.39 is 5.97 Å². The molecule has 1 atom stereocenters. The molecule has 48 heavy (non-hydrogen) atoms. The molecule has 4 nitrogen and oxygen atoms in total. The Kier molecular flexibility index (Phi) is 37.6. The zero-order valence-corrected chi connectivity index (χ0v) is 31.8. The van der Waals surface area contributed by atoms with Crippen LogP contribution in [0.15, 0.2) is 48.6 Å². The molecule has 0 fully saturated rings. The van der Waals surface area contributed by atoms with Crippen LogP contribution >= 0.6 is 0 Å². The van der Waals surface area contributed by atoms with Gasteiger partial charge in [0.15, 0.2) is 0 Å². The number of esters is 1. The number of hydrogen-bond acceptors (Lipinski definition) is 3. The number of rotatable bonds is 37. The lowest BCUT2D eigenvalue weighted by atomic mass is 10.0. The van der Waals surface area contributed by atoms with Crippen LogP contribution in [0, 0.1) is 0 Å². The van der Waals surface area contributed by atoms with Gasteiger partial charge in [0.1, 0.15) is 6.10 Å². The summed E-state index contributed by atoms with van der Waals surface area (Å²) in [6.07, 6.45) is 52.7. The fourth-order valence-corrected chi connectivity index (χ4v) is 6.06. The summed E-state index contributed by atoms with van der Waals surface area (Å²) in [4.78, 5) is 23.4. The van der Waals surface area contributed by atoms with Crippen LogP contribution in [-0.2, 0) is 14.3 Å². The molecule has 0 saturated heterocycles. The van der Waals surface area contributed by atoms with Crippen molar-refractivity contribution in [2.24, 2.45) is 0 Å². The second-order valence-electron chi connectivity index (χ2n) is 13.8. The van der Waals surface area contributed by atoms with Crippen molar-refractivity contribution in [2.45, 2.75) is 219 Å². The Labute approximate surface area is 298 Å². The third kappa shape index (κ3) is 38.3. The molecular weight excluding hydrogens is 592 g/mol. The molecule has 0 aliphatic rings. The molecule has 0 aliphatic heterocycles. The van der Waals surface area contributed by atoms with Gasteiger partial charge >= 0.3 is 11.9 Å². The van der Waals surface area contributed by atoms with E-state index >= 15 is 0 Å². The van der Waals surface area contributed by atoms with Gasteiger partial charge in [0, 0.05) is 12.8 Å². The summed E-state index contributed by atoms with van der Waals surface area (Å²) in [5.74, 6) is -0.712. The molecule has 0 amide bonds. The van der Waals surface area contributed by atoms with Gasteiger partial charge in [0.2, 0.25) is 0 Å². The summed E-state index contributed by atoms with van der Waals surface area (Å²) in [5, 5.41) is 8.82. The first-order valence-corrected chi connectivity index (χ1v) is 20.6. The molecule has 0 aromatic carbocycles. The molecule has 0 spiro atoms. The first-order chi connectivity index (χ1) is 23.6. The quantitative estimate of drug-likeness (QED) is 0.0406. The van der Waals surface area contributed by atoms with Crippen molar-refractivity contribution in [1.29, 1.82) is 0 Å². The van der Waals surface area contributed by atoms with Gasteiger partial charge in [0.25, 0.3) is 0 Å². The summed E-state index contributed by atoms with van der Waals surface area (Å²) in [6, 6.07) is 0. The van der Waals surface area contributed by atoms with Gasteiger partial charge in [0.05, 0.1) is 0 Å². The average Bonchev–Trinajstić information content (AvgIpc) is 3.07. The minimum absolute atomic E-state index is 0.0103. The van der Waals surface area contributed by atoms with Gasteiger partial charge in [-0.05, 0) is 77.0 Å². The Morgan fingerprint density at radius 2 is 0.875 bits per heavy atom. The van der Waals surface area contributed by atoms with E-state index in [9.17, 15) is 9.59 Å². The summed E-state index contributed by atoms with van der Waals surface area (Å²) in [6.45, 7) is 4.44. The fourth-order valence-electron chi connectivity index (χ4n) is 6.06. The van der Waals surface area contributed by atoms with E-state index in [-0.39, 0.29) is 18.5 Å². The van der Waals surface area contributed by atoms with E-state index in [0.29, 0.717) is 6.42 Å². The molecule has 0 aliphatic carbocycles. The number of carboxylic acid groups (broad SMARTS) is 1. The lowest BCUT2D eigenvalue weighted by molar-refractivity contribution is -0.150. The second kappa shape index (κ2) is 39.3. The summed E-state index contributed by atoms with van der Waals surface area (Å²) in [5.41, 5.74) is 0. The molecule has 0 aromatic heterocycles. The number of carbonyl (C=O) groups is 2. The highest BCUT2D eigenvalue weighted by molar-refractivity contribution is 5.69. The minimum Gasteiger partial charge on any atom is -0.481 e. The Hall–Kier alpha value is -2.10. The number of carboxylic acids is 1. The lowest BCUT2D eigenvalue weighted by Gasteiger charge is -2.18. The van der Waals surface area contributed by atoms with Crippen molar-refractivity contribution < 1.29 is 19.4 Å². The molecule has 0 heterocycles. The maximum Gasteiger partial charge on any atom is 0.306 e. The summed E-state index contributed by atoms with van der Waals surface area (Å²) in [7, 11) is 0. The molecule has 0 bridgehead atoms. The van der Waals surface area contributed by atoms with Crippen molar-refractivity contribution in [2.75, 3.05) is 0 Å². The standard InChI is InChI=1S/C44H78O4/c1-3-5-7-9-11-13-15-16-17-18-19-20-21-22-24-26-28-33-37-41-44(47)48-42(39-35-31-29-32-36-40-43(45)46)38-34-30-27-25-23-14-12-10-8-6-4-2/h5,7,11,13,16-17,19-20,42H,3-4,6,8-10,12,14-15,18,21-41H2,1-2H3,(H,45,46)/b7-5-,13-11-,17-16-,20-19-. The smallest absolute Gasteiger partial charge is 0.306 e. The van der Waals surface area contributed by atoms with Crippen molar-refractivity contribution in [3.63, 3.8) is 0 Å². The van der Waals surface area contributed by atoms with Crippen molar-refractivity contribution in [1.82, 2.24) is 0 Å². The van der Waals surface area contributed by atoms with E-state index in [1.54, 1.807) is 0 Å². The number of carbonyl (C=O) groups excluding carboxylic acids is 1.